The molecule has 1 aromatic carbocycles. The molecule has 0 unspecified atom stereocenters. The Morgan fingerprint density at radius 3 is 2.85 bits per heavy atom. The number of nitrogens with zero attached hydrogens (tertiary/aromatic N) is 6. The summed E-state index contributed by atoms with van der Waals surface area (Å²) in [5.41, 5.74) is 0.175. The van der Waals surface area contributed by atoms with Crippen LogP contribution in [0.4, 0.5) is 14.6 Å². The second-order valence-corrected chi connectivity index (χ2v) is 14.3. The number of β-amino-alcohol motifs (C(OH)–C–C–N with tert-alkyl or cyclic N) is 1. The van der Waals surface area contributed by atoms with Gasteiger partial charge in [-0.1, -0.05) is 11.6 Å². The molecule has 2 N–H and O–H groups in total. The Labute approximate surface area is 269 Å². The van der Waals surface area contributed by atoms with Gasteiger partial charge >= 0.3 is 6.01 Å². The van der Waals surface area contributed by atoms with Crippen LogP contribution in [0.25, 0.3) is 33.1 Å². The Balaban J connectivity index is 1.29. The van der Waals surface area contributed by atoms with Gasteiger partial charge in [0.15, 0.2) is 5.82 Å². The second kappa shape index (κ2) is 10.6. The maximum absolute atomic E-state index is 17.0. The third kappa shape index (κ3) is 4.85. The third-order valence-electron chi connectivity index (χ3n) is 10.1. The van der Waals surface area contributed by atoms with E-state index in [2.05, 4.69) is 25.1 Å². The van der Waals surface area contributed by atoms with E-state index < -0.39 is 23.1 Å². The minimum Gasteiger partial charge on any atom is -0.480 e. The van der Waals surface area contributed by atoms with Crippen LogP contribution in [0.2, 0.25) is 5.02 Å². The molecule has 3 atom stereocenters. The molecule has 1 aliphatic carbocycles. The van der Waals surface area contributed by atoms with E-state index >= 15 is 4.39 Å². The van der Waals surface area contributed by atoms with Gasteiger partial charge in [0.25, 0.3) is 0 Å². The molecule has 1 spiro atoms. The molecule has 14 heteroatoms. The maximum atomic E-state index is 17.0. The predicted octanol–water partition coefficient (Wildman–Crippen LogP) is 4.61. The normalized spacial score (nSPS) is 27.5. The predicted molar refractivity (Wildman–Crippen MR) is 168 cm³/mol. The molecule has 6 heterocycles. The van der Waals surface area contributed by atoms with Crippen LogP contribution in [-0.2, 0) is 4.74 Å². The third-order valence-corrected chi connectivity index (χ3v) is 10.6. The lowest BCUT2D eigenvalue weighted by Crippen LogP contribution is -2.44. The zero-order valence-corrected chi connectivity index (χ0v) is 26.8. The standard InChI is InChI=1S/C32H36ClF2N7O4/c1-17-8-20-19(10-36-40-20)21(23(17)33)25-24(35)26-22(28(37-25)44-3)27(41-6-7-45-15-30(2,43)13-41)39-29(38-26)46-16-32-9-18(34)11-42(32)14-31(12-32)4-5-31/h8,10,18,43H,4-7,9,11-16H2,1-3H3,(H,36,40)/t18-,30+,32+/m1/s1. The number of rotatable bonds is 6. The lowest BCUT2D eigenvalue weighted by atomic mass is 9.89. The summed E-state index contributed by atoms with van der Waals surface area (Å²) < 4.78 is 49.5. The Kier molecular flexibility index (Phi) is 6.88. The van der Waals surface area contributed by atoms with E-state index in [1.165, 1.54) is 7.11 Å². The highest BCUT2D eigenvalue weighted by Gasteiger charge is 2.62. The summed E-state index contributed by atoms with van der Waals surface area (Å²) in [5.74, 6) is -0.364. The average molecular weight is 656 g/mol. The minimum absolute atomic E-state index is 0.0532. The van der Waals surface area contributed by atoms with Gasteiger partial charge in [0.05, 0.1) is 49.1 Å². The summed E-state index contributed by atoms with van der Waals surface area (Å²) >= 11 is 6.80. The van der Waals surface area contributed by atoms with Crippen LogP contribution in [0.3, 0.4) is 0 Å². The lowest BCUT2D eigenvalue weighted by molar-refractivity contribution is -0.0123. The van der Waals surface area contributed by atoms with Gasteiger partial charge in [-0.25, -0.2) is 13.8 Å². The summed E-state index contributed by atoms with van der Waals surface area (Å²) in [5, 5.41) is 19.2. The molecule has 11 nitrogen and oxygen atoms in total. The van der Waals surface area contributed by atoms with Crippen molar-refractivity contribution in [2.24, 2.45) is 5.41 Å². The van der Waals surface area contributed by atoms with Crippen LogP contribution in [0.15, 0.2) is 12.3 Å². The average Bonchev–Trinajstić information content (AvgIpc) is 3.41. The Hall–Kier alpha value is -3.39. The molecule has 0 bridgehead atoms. The van der Waals surface area contributed by atoms with Crippen LogP contribution >= 0.6 is 11.6 Å². The summed E-state index contributed by atoms with van der Waals surface area (Å²) in [6, 6.07) is 1.79. The van der Waals surface area contributed by atoms with E-state index in [9.17, 15) is 9.50 Å². The topological polar surface area (TPSA) is 122 Å². The number of halogens is 3. The van der Waals surface area contributed by atoms with Crippen molar-refractivity contribution in [1.82, 2.24) is 30.0 Å². The molecule has 0 radical (unpaired) electrons. The van der Waals surface area contributed by atoms with Gasteiger partial charge in [-0.3, -0.25) is 10.00 Å². The summed E-state index contributed by atoms with van der Waals surface area (Å²) in [4.78, 5) is 18.1. The highest BCUT2D eigenvalue weighted by molar-refractivity contribution is 6.35. The van der Waals surface area contributed by atoms with Gasteiger partial charge in [-0.05, 0) is 50.2 Å². The fourth-order valence-corrected chi connectivity index (χ4v) is 8.10. The number of anilines is 1. The Morgan fingerprint density at radius 2 is 2.07 bits per heavy atom. The quantitative estimate of drug-likeness (QED) is 0.305. The molecule has 8 rings (SSSR count). The molecular formula is C32H36ClF2N7O4. The number of alkyl halides is 1. The first-order valence-corrected chi connectivity index (χ1v) is 16.0. The number of aromatic amines is 1. The van der Waals surface area contributed by atoms with Gasteiger partial charge in [0, 0.05) is 37.0 Å². The number of aryl methyl sites for hydroxylation is 1. The van der Waals surface area contributed by atoms with Crippen molar-refractivity contribution in [3.05, 3.63) is 28.7 Å². The van der Waals surface area contributed by atoms with Crippen molar-refractivity contribution in [2.75, 3.05) is 58.0 Å². The molecule has 3 aromatic heterocycles. The molecule has 46 heavy (non-hydrogen) atoms. The van der Waals surface area contributed by atoms with E-state index in [1.807, 2.05) is 17.9 Å². The van der Waals surface area contributed by atoms with E-state index in [0.717, 1.165) is 25.8 Å². The molecule has 1 saturated carbocycles. The van der Waals surface area contributed by atoms with Crippen molar-refractivity contribution in [3.63, 3.8) is 0 Å². The molecule has 0 amide bonds. The minimum atomic E-state index is -1.21. The molecule has 3 saturated heterocycles. The first-order valence-electron chi connectivity index (χ1n) is 15.7. The number of methoxy groups -OCH3 is 1. The van der Waals surface area contributed by atoms with Gasteiger partial charge in [0.2, 0.25) is 5.88 Å². The first kappa shape index (κ1) is 30.0. The number of hydrogen-bond acceptors (Lipinski definition) is 10. The van der Waals surface area contributed by atoms with Crippen molar-refractivity contribution >= 4 is 39.2 Å². The number of aliphatic hydroxyl groups is 1. The molecule has 4 aromatic rings. The van der Waals surface area contributed by atoms with Gasteiger partial charge in [-0.2, -0.15) is 15.1 Å². The number of benzene rings is 1. The van der Waals surface area contributed by atoms with Crippen molar-refractivity contribution in [1.29, 1.82) is 0 Å². The molecule has 4 aliphatic rings. The van der Waals surface area contributed by atoms with Crippen LogP contribution < -0.4 is 14.4 Å². The number of H-pyrrole nitrogens is 1. The number of pyridine rings is 1. The fraction of sp³-hybridized carbons (Fsp3) is 0.562. The zero-order chi connectivity index (χ0) is 32.0. The van der Waals surface area contributed by atoms with Crippen molar-refractivity contribution < 1.29 is 28.1 Å². The largest absolute Gasteiger partial charge is 0.480 e. The summed E-state index contributed by atoms with van der Waals surface area (Å²) in [6.07, 6.45) is 4.16. The second-order valence-electron chi connectivity index (χ2n) is 13.9. The van der Waals surface area contributed by atoms with E-state index in [1.54, 1.807) is 13.1 Å². The Morgan fingerprint density at radius 1 is 1.24 bits per heavy atom. The Bertz CT molecular complexity index is 1870. The molecule has 4 fully saturated rings. The molecule has 244 valence electrons. The fourth-order valence-electron chi connectivity index (χ4n) is 7.85. The zero-order valence-electron chi connectivity index (χ0n) is 26.0. The number of ether oxygens (including phenoxy) is 3. The number of aromatic nitrogens is 5. The van der Waals surface area contributed by atoms with E-state index in [-0.39, 0.29) is 53.7 Å². The smallest absolute Gasteiger partial charge is 0.319 e. The number of nitrogens with one attached hydrogen (secondary N) is 1. The van der Waals surface area contributed by atoms with Crippen LogP contribution in [-0.4, -0.2) is 106 Å². The summed E-state index contributed by atoms with van der Waals surface area (Å²) in [6.45, 7) is 5.87. The first-order chi connectivity index (χ1) is 22.0. The van der Waals surface area contributed by atoms with Gasteiger partial charge in [-0.15, -0.1) is 0 Å². The van der Waals surface area contributed by atoms with E-state index in [4.69, 9.17) is 30.8 Å². The lowest BCUT2D eigenvalue weighted by Gasteiger charge is -2.31. The summed E-state index contributed by atoms with van der Waals surface area (Å²) in [7, 11) is 1.44. The van der Waals surface area contributed by atoms with Crippen LogP contribution in [0.1, 0.15) is 38.2 Å². The van der Waals surface area contributed by atoms with Gasteiger partial charge in [0.1, 0.15) is 40.8 Å². The number of hydrogen-bond donors (Lipinski definition) is 2. The number of fused-ring (bicyclic) bond motifs is 3. The SMILES string of the molecule is COc1nc(-c2c(Cl)c(C)cc3[nH]ncc23)c(F)c2nc(OC[C@@]34C[C@@H](F)CN3CC3(CC3)C4)nc(N3CCOC[C@@](C)(O)C3)c12. The highest BCUT2D eigenvalue weighted by atomic mass is 35.5. The molecular weight excluding hydrogens is 620 g/mol. The highest BCUT2D eigenvalue weighted by Crippen LogP contribution is 2.60. The van der Waals surface area contributed by atoms with Crippen LogP contribution in [0, 0.1) is 18.2 Å². The monoisotopic (exact) mass is 655 g/mol. The van der Waals surface area contributed by atoms with Gasteiger partial charge < -0.3 is 24.2 Å². The van der Waals surface area contributed by atoms with Crippen molar-refractivity contribution in [2.45, 2.75) is 56.8 Å². The maximum Gasteiger partial charge on any atom is 0.319 e. The molecule has 3 aliphatic heterocycles. The van der Waals surface area contributed by atoms with Crippen molar-refractivity contribution in [3.8, 4) is 23.1 Å². The van der Waals surface area contributed by atoms with E-state index in [0.29, 0.717) is 59.0 Å². The van der Waals surface area contributed by atoms with Crippen LogP contribution in [0.5, 0.6) is 11.9 Å².